The van der Waals surface area contributed by atoms with Gasteiger partial charge in [-0.1, -0.05) is 11.6 Å². The lowest BCUT2D eigenvalue weighted by Crippen LogP contribution is -2.07. The fourth-order valence-corrected chi connectivity index (χ4v) is 1.70. The number of carbonyl (C=O) groups excluding carboxylic acids is 1. The maximum atomic E-state index is 11.5. The third-order valence-electron chi connectivity index (χ3n) is 2.12. The van der Waals surface area contributed by atoms with Crippen molar-refractivity contribution in [2.45, 2.75) is 6.42 Å². The zero-order valence-electron chi connectivity index (χ0n) is 9.12. The van der Waals surface area contributed by atoms with Crippen LogP contribution in [0.2, 0.25) is 5.02 Å². The fourth-order valence-electron chi connectivity index (χ4n) is 1.46. The predicted octanol–water partition coefficient (Wildman–Crippen LogP) is 1.67. The SMILES string of the molecule is COC(=O)c1cc(Cl)cc(CCO)c1OC. The quantitative estimate of drug-likeness (QED) is 0.819. The van der Waals surface area contributed by atoms with Crippen molar-refractivity contribution in [2.75, 3.05) is 20.8 Å². The smallest absolute Gasteiger partial charge is 0.341 e. The molecule has 4 nitrogen and oxygen atoms in total. The third-order valence-corrected chi connectivity index (χ3v) is 2.34. The Balaban J connectivity index is 3.29. The van der Waals surface area contributed by atoms with E-state index in [0.29, 0.717) is 22.8 Å². The van der Waals surface area contributed by atoms with Crippen LogP contribution in [-0.4, -0.2) is 31.9 Å². The molecule has 0 heterocycles. The number of aliphatic hydroxyl groups is 1. The van der Waals surface area contributed by atoms with E-state index >= 15 is 0 Å². The van der Waals surface area contributed by atoms with Crippen molar-refractivity contribution in [3.8, 4) is 5.75 Å². The number of methoxy groups -OCH3 is 2. The van der Waals surface area contributed by atoms with Crippen molar-refractivity contribution in [1.82, 2.24) is 0 Å². The van der Waals surface area contributed by atoms with Crippen LogP contribution in [0.1, 0.15) is 15.9 Å². The highest BCUT2D eigenvalue weighted by Crippen LogP contribution is 2.29. The summed E-state index contributed by atoms with van der Waals surface area (Å²) in [5, 5.41) is 9.31. The number of aliphatic hydroxyl groups excluding tert-OH is 1. The van der Waals surface area contributed by atoms with Crippen LogP contribution in [0.5, 0.6) is 5.75 Å². The van der Waals surface area contributed by atoms with Crippen molar-refractivity contribution < 1.29 is 19.4 Å². The highest BCUT2D eigenvalue weighted by atomic mass is 35.5. The van der Waals surface area contributed by atoms with Gasteiger partial charge >= 0.3 is 5.97 Å². The average Bonchev–Trinajstić information content (AvgIpc) is 2.27. The van der Waals surface area contributed by atoms with Crippen molar-refractivity contribution >= 4 is 17.6 Å². The maximum absolute atomic E-state index is 11.5. The van der Waals surface area contributed by atoms with Crippen LogP contribution in [-0.2, 0) is 11.2 Å². The number of benzene rings is 1. The number of esters is 1. The summed E-state index contributed by atoms with van der Waals surface area (Å²) in [6.07, 6.45) is 0.369. The minimum Gasteiger partial charge on any atom is -0.496 e. The van der Waals surface area contributed by atoms with Gasteiger partial charge in [0.1, 0.15) is 11.3 Å². The number of halogens is 1. The van der Waals surface area contributed by atoms with E-state index in [1.165, 1.54) is 20.3 Å². The normalized spacial score (nSPS) is 10.0. The van der Waals surface area contributed by atoms with Crippen LogP contribution in [0.3, 0.4) is 0 Å². The lowest BCUT2D eigenvalue weighted by molar-refractivity contribution is 0.0596. The molecule has 1 rings (SSSR count). The molecular weight excluding hydrogens is 232 g/mol. The zero-order chi connectivity index (χ0) is 12.1. The van der Waals surface area contributed by atoms with E-state index in [2.05, 4.69) is 4.74 Å². The molecular formula is C11H13ClO4. The Morgan fingerprint density at radius 3 is 2.62 bits per heavy atom. The molecule has 0 spiro atoms. The lowest BCUT2D eigenvalue weighted by atomic mass is 10.1. The minimum atomic E-state index is -0.515. The summed E-state index contributed by atoms with van der Waals surface area (Å²) >= 11 is 5.87. The molecule has 0 bridgehead atoms. The van der Waals surface area contributed by atoms with E-state index in [1.54, 1.807) is 6.07 Å². The molecule has 0 aromatic heterocycles. The van der Waals surface area contributed by atoms with E-state index in [9.17, 15) is 4.79 Å². The molecule has 88 valence electrons. The number of rotatable bonds is 4. The van der Waals surface area contributed by atoms with Gasteiger partial charge in [-0.2, -0.15) is 0 Å². The monoisotopic (exact) mass is 244 g/mol. The van der Waals surface area contributed by atoms with Crippen LogP contribution in [0.15, 0.2) is 12.1 Å². The maximum Gasteiger partial charge on any atom is 0.341 e. The van der Waals surface area contributed by atoms with E-state index in [0.717, 1.165) is 0 Å². The summed E-state index contributed by atoms with van der Waals surface area (Å²) in [6.45, 7) is -0.0443. The Hall–Kier alpha value is -1.26. The molecule has 0 radical (unpaired) electrons. The zero-order valence-corrected chi connectivity index (χ0v) is 9.87. The van der Waals surface area contributed by atoms with Crippen LogP contribution >= 0.6 is 11.6 Å². The van der Waals surface area contributed by atoms with Crippen LogP contribution in [0.4, 0.5) is 0 Å². The minimum absolute atomic E-state index is 0.0443. The Kier molecular flexibility index (Phi) is 4.58. The van der Waals surface area contributed by atoms with Gasteiger partial charge in [0.2, 0.25) is 0 Å². The van der Waals surface area contributed by atoms with Crippen molar-refractivity contribution in [1.29, 1.82) is 0 Å². The Labute approximate surface area is 98.7 Å². The second-order valence-corrected chi connectivity index (χ2v) is 3.55. The number of ether oxygens (including phenoxy) is 2. The van der Waals surface area contributed by atoms with Crippen LogP contribution in [0, 0.1) is 0 Å². The molecule has 1 N–H and O–H groups in total. The Bertz CT molecular complexity index is 390. The highest BCUT2D eigenvalue weighted by molar-refractivity contribution is 6.31. The molecule has 0 fully saturated rings. The van der Waals surface area contributed by atoms with Gasteiger partial charge in [-0.3, -0.25) is 0 Å². The van der Waals surface area contributed by atoms with Crippen molar-refractivity contribution in [2.24, 2.45) is 0 Å². The standard InChI is InChI=1S/C11H13ClO4/c1-15-10-7(3-4-13)5-8(12)6-9(10)11(14)16-2/h5-6,13H,3-4H2,1-2H3. The molecule has 0 saturated carbocycles. The van der Waals surface area contributed by atoms with Gasteiger partial charge in [0.25, 0.3) is 0 Å². The molecule has 0 unspecified atom stereocenters. The predicted molar refractivity (Wildman–Crippen MR) is 60.1 cm³/mol. The summed E-state index contributed by atoms with van der Waals surface area (Å²) in [4.78, 5) is 11.5. The highest BCUT2D eigenvalue weighted by Gasteiger charge is 2.17. The second-order valence-electron chi connectivity index (χ2n) is 3.11. The summed E-state index contributed by atoms with van der Waals surface area (Å²) in [5.41, 5.74) is 0.943. The van der Waals surface area contributed by atoms with E-state index in [1.807, 2.05) is 0 Å². The fraction of sp³-hybridized carbons (Fsp3) is 0.364. The first-order valence-corrected chi connectivity index (χ1v) is 5.07. The molecule has 5 heteroatoms. The molecule has 0 aliphatic carbocycles. The number of carbonyl (C=O) groups is 1. The van der Waals surface area contributed by atoms with Gasteiger partial charge < -0.3 is 14.6 Å². The van der Waals surface area contributed by atoms with Gasteiger partial charge in [-0.05, 0) is 24.1 Å². The number of hydrogen-bond donors (Lipinski definition) is 1. The molecule has 0 atom stereocenters. The summed E-state index contributed by atoms with van der Waals surface area (Å²) in [6, 6.07) is 3.14. The van der Waals surface area contributed by atoms with Gasteiger partial charge in [-0.25, -0.2) is 4.79 Å². The van der Waals surface area contributed by atoms with E-state index < -0.39 is 5.97 Å². The molecule has 0 aliphatic rings. The molecule has 1 aromatic carbocycles. The molecule has 0 saturated heterocycles. The molecule has 0 amide bonds. The Morgan fingerprint density at radius 1 is 1.44 bits per heavy atom. The first-order valence-electron chi connectivity index (χ1n) is 4.69. The van der Waals surface area contributed by atoms with Crippen molar-refractivity contribution in [3.05, 3.63) is 28.3 Å². The topological polar surface area (TPSA) is 55.8 Å². The molecule has 16 heavy (non-hydrogen) atoms. The largest absolute Gasteiger partial charge is 0.496 e. The first kappa shape index (κ1) is 12.8. The molecule has 0 aliphatic heterocycles. The van der Waals surface area contributed by atoms with Crippen LogP contribution < -0.4 is 4.74 Å². The summed E-state index contributed by atoms with van der Waals surface area (Å²) in [5.74, 6) is -0.121. The number of hydrogen-bond acceptors (Lipinski definition) is 4. The van der Waals surface area contributed by atoms with Gasteiger partial charge in [-0.15, -0.1) is 0 Å². The average molecular weight is 245 g/mol. The van der Waals surface area contributed by atoms with Gasteiger partial charge in [0.05, 0.1) is 14.2 Å². The van der Waals surface area contributed by atoms with E-state index in [4.69, 9.17) is 21.4 Å². The van der Waals surface area contributed by atoms with Gasteiger partial charge in [0.15, 0.2) is 0 Å². The second kappa shape index (κ2) is 5.72. The third kappa shape index (κ3) is 2.65. The summed E-state index contributed by atoms with van der Waals surface area (Å²) < 4.78 is 9.76. The Morgan fingerprint density at radius 2 is 2.12 bits per heavy atom. The lowest BCUT2D eigenvalue weighted by Gasteiger charge is -2.12. The van der Waals surface area contributed by atoms with Gasteiger partial charge in [0, 0.05) is 11.6 Å². The summed E-state index contributed by atoms with van der Waals surface area (Å²) in [7, 11) is 2.74. The molecule has 1 aromatic rings. The first-order chi connectivity index (χ1) is 7.63. The van der Waals surface area contributed by atoms with E-state index in [-0.39, 0.29) is 12.2 Å². The van der Waals surface area contributed by atoms with Crippen LogP contribution in [0.25, 0.3) is 0 Å². The van der Waals surface area contributed by atoms with Crippen molar-refractivity contribution in [3.63, 3.8) is 0 Å².